The van der Waals surface area contributed by atoms with E-state index in [1.807, 2.05) is 6.08 Å². The van der Waals surface area contributed by atoms with Gasteiger partial charge in [0, 0.05) is 6.42 Å². The predicted octanol–water partition coefficient (Wildman–Crippen LogP) is 8.65. The van der Waals surface area contributed by atoms with Crippen molar-refractivity contribution in [3.63, 3.8) is 0 Å². The molecule has 0 bridgehead atoms. The number of allylic oxidation sites excluding steroid dienone is 1. The summed E-state index contributed by atoms with van der Waals surface area (Å²) < 4.78 is 7.51. The average Bonchev–Trinajstić information content (AvgIpc) is 3.49. The van der Waals surface area contributed by atoms with Crippen LogP contribution in [0, 0.1) is 34.5 Å². The van der Waals surface area contributed by atoms with Crippen LogP contribution < -0.4 is 0 Å². The number of rotatable bonds is 3. The molecule has 0 radical (unpaired) electrons. The van der Waals surface area contributed by atoms with Crippen LogP contribution in [0.1, 0.15) is 96.1 Å². The van der Waals surface area contributed by atoms with Crippen molar-refractivity contribution < 1.29 is 9.53 Å². The highest BCUT2D eigenvalue weighted by Crippen LogP contribution is 2.69. The number of benzene rings is 2. The molecule has 1 saturated heterocycles. The molecule has 200 valence electrons. The first kappa shape index (κ1) is 24.8. The van der Waals surface area contributed by atoms with Gasteiger partial charge >= 0.3 is 0 Å². The van der Waals surface area contributed by atoms with E-state index in [4.69, 9.17) is 4.74 Å². The Balaban J connectivity index is 1.21. The molecular formula is C36H44O2. The van der Waals surface area contributed by atoms with Crippen LogP contribution in [0.25, 0.3) is 0 Å². The fraction of sp³-hybridized carbons (Fsp3) is 0.583. The van der Waals surface area contributed by atoms with E-state index in [0.29, 0.717) is 17.1 Å². The molecule has 0 N–H and O–H groups in total. The highest BCUT2D eigenvalue weighted by Gasteiger charge is 2.64. The summed E-state index contributed by atoms with van der Waals surface area (Å²) in [5.41, 5.74) is 4.17. The summed E-state index contributed by atoms with van der Waals surface area (Å²) in [4.78, 5) is 12.2. The van der Waals surface area contributed by atoms with Gasteiger partial charge in [0.05, 0.1) is 5.60 Å². The second-order valence-electron chi connectivity index (χ2n) is 14.1. The van der Waals surface area contributed by atoms with Gasteiger partial charge in [0.15, 0.2) is 5.78 Å². The summed E-state index contributed by atoms with van der Waals surface area (Å²) in [6.07, 6.45) is 13.7. The van der Waals surface area contributed by atoms with Gasteiger partial charge in [0.1, 0.15) is 5.60 Å². The zero-order valence-corrected chi connectivity index (χ0v) is 23.5. The molecule has 4 fully saturated rings. The van der Waals surface area contributed by atoms with E-state index in [0.717, 1.165) is 49.9 Å². The molecule has 0 spiro atoms. The Kier molecular flexibility index (Phi) is 5.65. The van der Waals surface area contributed by atoms with Crippen LogP contribution in [0.2, 0.25) is 0 Å². The van der Waals surface area contributed by atoms with Crippen LogP contribution in [-0.2, 0) is 15.1 Å². The second-order valence-corrected chi connectivity index (χ2v) is 14.1. The normalized spacial score (nSPS) is 41.7. The third kappa shape index (κ3) is 3.44. The summed E-state index contributed by atoms with van der Waals surface area (Å²) in [5, 5.41) is 0. The first-order valence-electron chi connectivity index (χ1n) is 15.3. The fourth-order valence-electron chi connectivity index (χ4n) is 10.7. The van der Waals surface area contributed by atoms with Crippen molar-refractivity contribution in [2.24, 2.45) is 34.5 Å². The Morgan fingerprint density at radius 3 is 2.08 bits per heavy atom. The van der Waals surface area contributed by atoms with Gasteiger partial charge in [-0.3, -0.25) is 4.79 Å². The van der Waals surface area contributed by atoms with Crippen LogP contribution >= 0.6 is 0 Å². The van der Waals surface area contributed by atoms with E-state index in [-0.39, 0.29) is 16.6 Å². The van der Waals surface area contributed by atoms with Gasteiger partial charge < -0.3 is 4.74 Å². The van der Waals surface area contributed by atoms with Gasteiger partial charge in [-0.25, -0.2) is 0 Å². The van der Waals surface area contributed by atoms with Gasteiger partial charge in [-0.05, 0) is 116 Å². The molecule has 0 amide bonds. The third-order valence-electron chi connectivity index (χ3n) is 12.6. The van der Waals surface area contributed by atoms with Crippen LogP contribution in [0.4, 0.5) is 0 Å². The van der Waals surface area contributed by atoms with Crippen molar-refractivity contribution in [3.05, 3.63) is 83.4 Å². The van der Waals surface area contributed by atoms with Crippen molar-refractivity contribution in [2.45, 2.75) is 96.2 Å². The maximum Gasteiger partial charge on any atom is 0.155 e. The van der Waals surface area contributed by atoms with Gasteiger partial charge in [0.2, 0.25) is 0 Å². The molecular weight excluding hydrogens is 464 g/mol. The number of carbonyl (C=O) groups is 1. The van der Waals surface area contributed by atoms with E-state index in [1.54, 1.807) is 0 Å². The van der Waals surface area contributed by atoms with Crippen molar-refractivity contribution in [1.82, 2.24) is 0 Å². The Morgan fingerprint density at radius 1 is 0.711 bits per heavy atom. The Morgan fingerprint density at radius 2 is 1.39 bits per heavy atom. The molecule has 0 aromatic heterocycles. The van der Waals surface area contributed by atoms with Crippen molar-refractivity contribution in [1.29, 1.82) is 0 Å². The zero-order valence-electron chi connectivity index (χ0n) is 23.5. The van der Waals surface area contributed by atoms with E-state index >= 15 is 0 Å². The standard InChI is InChI=1S/C36H44O2/c1-33-20-18-28(37)24-27(33)14-15-29-30-16-17-32(34(30,2)21-19-31(29)33)35(3)22-23-36(38-35,25-10-6-4-7-11-25)26-12-8-5-9-13-26/h4-13,24,29-32H,14-23H2,1-3H3/t29-,30+,31-,32+,33-,34-,35+/m0/s1. The Bertz CT molecular complexity index is 1210. The summed E-state index contributed by atoms with van der Waals surface area (Å²) >= 11 is 0. The molecule has 3 saturated carbocycles. The lowest BCUT2D eigenvalue weighted by atomic mass is 9.46. The van der Waals surface area contributed by atoms with Gasteiger partial charge in [-0.15, -0.1) is 0 Å². The quantitative estimate of drug-likeness (QED) is 0.415. The smallest absolute Gasteiger partial charge is 0.155 e. The highest BCUT2D eigenvalue weighted by atomic mass is 16.5. The number of ketones is 1. The maximum atomic E-state index is 12.2. The van der Waals surface area contributed by atoms with Crippen LogP contribution in [0.5, 0.6) is 0 Å². The van der Waals surface area contributed by atoms with E-state index in [9.17, 15) is 4.79 Å². The maximum absolute atomic E-state index is 12.2. The summed E-state index contributed by atoms with van der Waals surface area (Å²) in [5.74, 6) is 3.28. The molecule has 2 aromatic carbocycles. The molecule has 2 nitrogen and oxygen atoms in total. The molecule has 2 aromatic rings. The molecule has 2 heteroatoms. The monoisotopic (exact) mass is 508 g/mol. The number of fused-ring (bicyclic) bond motifs is 5. The number of hydrogen-bond acceptors (Lipinski definition) is 2. The topological polar surface area (TPSA) is 26.3 Å². The lowest BCUT2D eigenvalue weighted by Gasteiger charge is -2.59. The minimum atomic E-state index is -0.366. The van der Waals surface area contributed by atoms with E-state index < -0.39 is 0 Å². The van der Waals surface area contributed by atoms with E-state index in [1.165, 1.54) is 48.8 Å². The number of carbonyl (C=O) groups excluding carboxylic acids is 1. The highest BCUT2D eigenvalue weighted by molar-refractivity contribution is 5.91. The van der Waals surface area contributed by atoms with Crippen LogP contribution in [0.15, 0.2) is 72.3 Å². The van der Waals surface area contributed by atoms with Crippen molar-refractivity contribution in [3.8, 4) is 0 Å². The van der Waals surface area contributed by atoms with Crippen molar-refractivity contribution >= 4 is 5.78 Å². The molecule has 0 unspecified atom stereocenters. The minimum absolute atomic E-state index is 0.122. The number of ether oxygens (including phenoxy) is 1. The first-order chi connectivity index (χ1) is 18.3. The largest absolute Gasteiger partial charge is 0.359 e. The Hall–Kier alpha value is -2.19. The summed E-state index contributed by atoms with van der Waals surface area (Å²) in [7, 11) is 0. The SMILES string of the molecule is C[C@]12CC[C@H]3[C@@H](CCC4=CC(=O)CC[C@@]43C)[C@H]1CC[C@H]2[C@@]1(C)CCC(c2ccccc2)(c2ccccc2)O1. The Labute approximate surface area is 229 Å². The van der Waals surface area contributed by atoms with Gasteiger partial charge in [-0.2, -0.15) is 0 Å². The summed E-state index contributed by atoms with van der Waals surface area (Å²) in [6.45, 7) is 7.61. The predicted molar refractivity (Wildman–Crippen MR) is 153 cm³/mol. The van der Waals surface area contributed by atoms with E-state index in [2.05, 4.69) is 81.4 Å². The van der Waals surface area contributed by atoms with Gasteiger partial charge in [-0.1, -0.05) is 80.1 Å². The van der Waals surface area contributed by atoms with Crippen LogP contribution in [-0.4, -0.2) is 11.4 Å². The lowest BCUT2D eigenvalue weighted by Crippen LogP contribution is -2.53. The lowest BCUT2D eigenvalue weighted by molar-refractivity contribution is -0.150. The average molecular weight is 509 g/mol. The van der Waals surface area contributed by atoms with Gasteiger partial charge in [0.25, 0.3) is 0 Å². The zero-order chi connectivity index (χ0) is 26.2. The second kappa shape index (κ2) is 8.65. The van der Waals surface area contributed by atoms with Crippen molar-refractivity contribution in [2.75, 3.05) is 0 Å². The molecule has 5 aliphatic rings. The molecule has 38 heavy (non-hydrogen) atoms. The van der Waals surface area contributed by atoms with Crippen LogP contribution in [0.3, 0.4) is 0 Å². The summed E-state index contributed by atoms with van der Waals surface area (Å²) in [6, 6.07) is 22.0. The molecule has 4 aliphatic carbocycles. The molecule has 7 rings (SSSR count). The molecule has 7 atom stereocenters. The molecule has 1 aliphatic heterocycles. The first-order valence-corrected chi connectivity index (χ1v) is 15.3. The third-order valence-corrected chi connectivity index (χ3v) is 12.6. The fourth-order valence-corrected chi connectivity index (χ4v) is 10.7. The number of hydrogen-bond donors (Lipinski definition) is 0. The molecule has 1 heterocycles. The minimum Gasteiger partial charge on any atom is -0.359 e.